The molecule has 3 N–H and O–H groups in total. The van der Waals surface area contributed by atoms with E-state index in [0.29, 0.717) is 11.6 Å². The minimum absolute atomic E-state index is 0.0490. The maximum atomic E-state index is 13.1. The van der Waals surface area contributed by atoms with Crippen molar-refractivity contribution in [3.8, 4) is 0 Å². The minimum atomic E-state index is -1.04. The third kappa shape index (κ3) is 4.82. The smallest absolute Gasteiger partial charge is 0.319 e. The van der Waals surface area contributed by atoms with Gasteiger partial charge in [0, 0.05) is 22.9 Å². The SMILES string of the molecule is Cc1sc(C(C)(C)NC(=O)Nc2ccc3c(c2)C(=O)N(C2CCC(=O)NC2=O)C3=O)nc1C1CCCCC1. The van der Waals surface area contributed by atoms with Gasteiger partial charge in [-0.25, -0.2) is 9.78 Å². The Morgan fingerprint density at radius 1 is 1.05 bits per heavy atom. The molecular formula is C27H31N5O5S. The first-order chi connectivity index (χ1) is 18.0. The number of rotatable bonds is 5. The van der Waals surface area contributed by atoms with Crippen molar-refractivity contribution in [3.05, 3.63) is 44.9 Å². The molecule has 6 amide bonds. The number of hydrogen-bond donors (Lipinski definition) is 3. The molecule has 1 saturated carbocycles. The van der Waals surface area contributed by atoms with E-state index in [-0.39, 0.29) is 24.0 Å². The van der Waals surface area contributed by atoms with Gasteiger partial charge in [-0.2, -0.15) is 0 Å². The van der Waals surface area contributed by atoms with E-state index in [9.17, 15) is 24.0 Å². The topological polar surface area (TPSA) is 138 Å². The third-order valence-electron chi connectivity index (χ3n) is 7.48. The monoisotopic (exact) mass is 537 g/mol. The summed E-state index contributed by atoms with van der Waals surface area (Å²) >= 11 is 1.60. The Bertz CT molecular complexity index is 1340. The maximum Gasteiger partial charge on any atom is 0.319 e. The van der Waals surface area contributed by atoms with Crippen molar-refractivity contribution in [1.29, 1.82) is 0 Å². The zero-order valence-electron chi connectivity index (χ0n) is 21.7. The van der Waals surface area contributed by atoms with Gasteiger partial charge < -0.3 is 10.6 Å². The molecule has 0 spiro atoms. The Labute approximate surface area is 224 Å². The second-order valence-corrected chi connectivity index (χ2v) is 11.9. The Morgan fingerprint density at radius 3 is 2.47 bits per heavy atom. The molecule has 1 unspecified atom stereocenters. The number of fused-ring (bicyclic) bond motifs is 1. The van der Waals surface area contributed by atoms with Crippen LogP contribution in [0.2, 0.25) is 0 Å². The first-order valence-corrected chi connectivity index (χ1v) is 13.8. The van der Waals surface area contributed by atoms with E-state index >= 15 is 0 Å². The first-order valence-electron chi connectivity index (χ1n) is 13.0. The molecule has 1 aromatic heterocycles. The molecule has 200 valence electrons. The number of carbonyl (C=O) groups is 5. The van der Waals surface area contributed by atoms with Gasteiger partial charge in [0.1, 0.15) is 11.0 Å². The van der Waals surface area contributed by atoms with Gasteiger partial charge in [0.2, 0.25) is 11.8 Å². The fourth-order valence-corrected chi connectivity index (χ4v) is 6.54. The summed E-state index contributed by atoms with van der Waals surface area (Å²) in [6.07, 6.45) is 6.15. The Hall–Kier alpha value is -3.60. The number of piperidine rings is 1. The summed E-state index contributed by atoms with van der Waals surface area (Å²) in [5.41, 5.74) is 1.00. The number of aryl methyl sites for hydroxylation is 1. The first kappa shape index (κ1) is 26.0. The Balaban J connectivity index is 1.27. The summed E-state index contributed by atoms with van der Waals surface area (Å²) in [7, 11) is 0. The molecule has 1 aromatic carbocycles. The van der Waals surface area contributed by atoms with Gasteiger partial charge in [0.25, 0.3) is 11.8 Å². The Kier molecular flexibility index (Phi) is 6.81. The highest BCUT2D eigenvalue weighted by atomic mass is 32.1. The molecule has 1 saturated heterocycles. The summed E-state index contributed by atoms with van der Waals surface area (Å²) in [4.78, 5) is 69.6. The molecule has 11 heteroatoms. The fourth-order valence-electron chi connectivity index (χ4n) is 5.48. The van der Waals surface area contributed by atoms with E-state index in [2.05, 4.69) is 22.9 Å². The van der Waals surface area contributed by atoms with Crippen molar-refractivity contribution in [2.75, 3.05) is 5.32 Å². The molecule has 5 rings (SSSR count). The van der Waals surface area contributed by atoms with Crippen molar-refractivity contribution in [2.24, 2.45) is 0 Å². The van der Waals surface area contributed by atoms with Crippen molar-refractivity contribution in [3.63, 3.8) is 0 Å². The highest BCUT2D eigenvalue weighted by Gasteiger charge is 2.44. The van der Waals surface area contributed by atoms with Crippen molar-refractivity contribution in [1.82, 2.24) is 20.5 Å². The summed E-state index contributed by atoms with van der Waals surface area (Å²) in [5.74, 6) is -1.84. The van der Waals surface area contributed by atoms with Crippen LogP contribution < -0.4 is 16.0 Å². The van der Waals surface area contributed by atoms with Crippen LogP contribution in [0.3, 0.4) is 0 Å². The average Bonchev–Trinajstić information content (AvgIpc) is 3.38. The third-order valence-corrected chi connectivity index (χ3v) is 8.79. The van der Waals surface area contributed by atoms with Crippen LogP contribution in [0.5, 0.6) is 0 Å². The van der Waals surface area contributed by atoms with Crippen LogP contribution in [0.25, 0.3) is 0 Å². The maximum absolute atomic E-state index is 13.1. The predicted molar refractivity (Wildman–Crippen MR) is 141 cm³/mol. The second kappa shape index (κ2) is 9.94. The second-order valence-electron chi connectivity index (χ2n) is 10.7. The number of benzene rings is 1. The summed E-state index contributed by atoms with van der Waals surface area (Å²) in [6, 6.07) is 2.92. The number of nitrogens with zero attached hydrogens (tertiary/aromatic N) is 2. The van der Waals surface area contributed by atoms with Crippen LogP contribution in [-0.2, 0) is 15.1 Å². The number of hydrogen-bond acceptors (Lipinski definition) is 7. The van der Waals surface area contributed by atoms with E-state index in [1.165, 1.54) is 36.3 Å². The number of thiazole rings is 1. The lowest BCUT2D eigenvalue weighted by Gasteiger charge is -2.27. The van der Waals surface area contributed by atoms with Gasteiger partial charge >= 0.3 is 6.03 Å². The lowest BCUT2D eigenvalue weighted by atomic mass is 9.86. The zero-order valence-corrected chi connectivity index (χ0v) is 22.5. The van der Waals surface area contributed by atoms with Gasteiger partial charge in [-0.1, -0.05) is 19.3 Å². The highest BCUT2D eigenvalue weighted by Crippen LogP contribution is 2.38. The number of aromatic nitrogens is 1. The zero-order chi connectivity index (χ0) is 27.2. The van der Waals surface area contributed by atoms with Gasteiger partial charge in [0.05, 0.1) is 22.4 Å². The van der Waals surface area contributed by atoms with Crippen molar-refractivity contribution in [2.45, 2.75) is 83.2 Å². The predicted octanol–water partition coefficient (Wildman–Crippen LogP) is 3.96. The molecule has 3 aliphatic rings. The molecule has 0 radical (unpaired) electrons. The number of nitrogens with one attached hydrogen (secondary N) is 3. The van der Waals surface area contributed by atoms with Crippen LogP contribution in [0.4, 0.5) is 10.5 Å². The Morgan fingerprint density at radius 2 is 1.76 bits per heavy atom. The van der Waals surface area contributed by atoms with E-state index in [0.717, 1.165) is 28.4 Å². The lowest BCUT2D eigenvalue weighted by molar-refractivity contribution is -0.136. The standard InChI is InChI=1S/C27H31N5O5S/c1-14-21(15-7-5-4-6-8-15)30-25(38-14)27(2,3)31-26(37)28-16-9-10-17-18(13-16)24(36)32(23(17)35)19-11-12-20(33)29-22(19)34/h9-10,13,15,19H,4-8,11-12H2,1-3H3,(H2,28,31,37)(H,29,33,34). The largest absolute Gasteiger partial charge is 0.326 e. The fraction of sp³-hybridized carbons (Fsp3) is 0.481. The molecule has 3 heterocycles. The molecule has 1 atom stereocenters. The van der Waals surface area contributed by atoms with Crippen LogP contribution in [-0.4, -0.2) is 45.6 Å². The molecule has 0 bridgehead atoms. The molecule has 1 aliphatic carbocycles. The van der Waals surface area contributed by atoms with E-state index < -0.39 is 41.2 Å². The quantitative estimate of drug-likeness (QED) is 0.494. The van der Waals surface area contributed by atoms with Crippen LogP contribution in [0, 0.1) is 6.92 Å². The molecule has 10 nitrogen and oxygen atoms in total. The number of carbonyl (C=O) groups excluding carboxylic acids is 5. The van der Waals surface area contributed by atoms with Gasteiger partial charge in [0.15, 0.2) is 0 Å². The molecule has 2 aromatic rings. The number of amides is 6. The summed E-state index contributed by atoms with van der Waals surface area (Å²) in [5, 5.41) is 8.73. The normalized spacial score (nSPS) is 20.4. The van der Waals surface area contributed by atoms with E-state index in [4.69, 9.17) is 4.98 Å². The lowest BCUT2D eigenvalue weighted by Crippen LogP contribution is -2.54. The van der Waals surface area contributed by atoms with Gasteiger partial charge in [-0.3, -0.25) is 29.4 Å². The molecule has 2 fully saturated rings. The number of anilines is 1. The molecule has 2 aliphatic heterocycles. The van der Waals surface area contributed by atoms with Crippen LogP contribution >= 0.6 is 11.3 Å². The van der Waals surface area contributed by atoms with E-state index in [1.807, 2.05) is 13.8 Å². The van der Waals surface area contributed by atoms with Gasteiger partial charge in [-0.05, 0) is 58.2 Å². The molecular weight excluding hydrogens is 506 g/mol. The summed E-state index contributed by atoms with van der Waals surface area (Å²) in [6.45, 7) is 5.89. The van der Waals surface area contributed by atoms with Crippen LogP contribution in [0.1, 0.15) is 101 Å². The van der Waals surface area contributed by atoms with E-state index in [1.54, 1.807) is 17.4 Å². The van der Waals surface area contributed by atoms with Crippen molar-refractivity contribution < 1.29 is 24.0 Å². The minimum Gasteiger partial charge on any atom is -0.326 e. The summed E-state index contributed by atoms with van der Waals surface area (Å²) < 4.78 is 0. The average molecular weight is 538 g/mol. The van der Waals surface area contributed by atoms with Gasteiger partial charge in [-0.15, -0.1) is 11.3 Å². The van der Waals surface area contributed by atoms with Crippen molar-refractivity contribution >= 4 is 46.7 Å². The number of imide groups is 2. The van der Waals surface area contributed by atoms with Crippen LogP contribution in [0.15, 0.2) is 18.2 Å². The molecule has 38 heavy (non-hydrogen) atoms. The highest BCUT2D eigenvalue weighted by molar-refractivity contribution is 7.11. The number of urea groups is 1.